The molecule has 0 aromatic heterocycles. The molecule has 3 nitrogen and oxygen atoms in total. The molecule has 5 rings (SSSR count). The lowest BCUT2D eigenvalue weighted by molar-refractivity contribution is -0.137. The van der Waals surface area contributed by atoms with Crippen LogP contribution in [0.4, 0.5) is 13.2 Å². The van der Waals surface area contributed by atoms with E-state index < -0.39 is 11.7 Å². The first-order chi connectivity index (χ1) is 12.4. The van der Waals surface area contributed by atoms with Crippen LogP contribution in [0.3, 0.4) is 0 Å². The highest BCUT2D eigenvalue weighted by atomic mass is 19.4. The van der Waals surface area contributed by atoms with Crippen LogP contribution in [0.2, 0.25) is 0 Å². The van der Waals surface area contributed by atoms with Gasteiger partial charge in [0.2, 0.25) is 0 Å². The standard InChI is InChI=1S/C20H25F3N2O/c21-20(22,23)17-6-2-5-16(9-17)19(26)25-12-15-7-8-18(13-25)24(11-15)10-14-3-1-4-14/h2,5-6,9,14-15,18H,1,3-4,7-8,10-13H2/t15-,18-/m1/s1. The number of fused-ring (bicyclic) bond motifs is 4. The van der Waals surface area contributed by atoms with Gasteiger partial charge in [-0.1, -0.05) is 12.5 Å². The zero-order chi connectivity index (χ0) is 18.3. The maximum absolute atomic E-state index is 13.0. The van der Waals surface area contributed by atoms with Gasteiger partial charge in [0.1, 0.15) is 0 Å². The largest absolute Gasteiger partial charge is 0.416 e. The van der Waals surface area contributed by atoms with Gasteiger partial charge in [-0.25, -0.2) is 0 Å². The number of hydrogen-bond acceptors (Lipinski definition) is 2. The molecule has 1 saturated carbocycles. The number of halogens is 3. The van der Waals surface area contributed by atoms with Crippen LogP contribution in [0.5, 0.6) is 0 Å². The number of carbonyl (C=O) groups is 1. The van der Waals surface area contributed by atoms with E-state index in [1.807, 2.05) is 0 Å². The van der Waals surface area contributed by atoms with Crippen LogP contribution in [0.25, 0.3) is 0 Å². The van der Waals surface area contributed by atoms with Gasteiger partial charge < -0.3 is 4.90 Å². The maximum atomic E-state index is 13.0. The van der Waals surface area contributed by atoms with Crippen molar-refractivity contribution < 1.29 is 18.0 Å². The van der Waals surface area contributed by atoms with Crippen LogP contribution in [0.15, 0.2) is 24.3 Å². The smallest absolute Gasteiger partial charge is 0.337 e. The van der Waals surface area contributed by atoms with E-state index in [1.165, 1.54) is 31.4 Å². The van der Waals surface area contributed by atoms with Gasteiger partial charge in [0.25, 0.3) is 5.91 Å². The second kappa shape index (κ2) is 6.87. The van der Waals surface area contributed by atoms with Crippen LogP contribution in [-0.2, 0) is 6.18 Å². The molecule has 2 atom stereocenters. The van der Waals surface area contributed by atoms with Crippen molar-refractivity contribution in [3.05, 3.63) is 35.4 Å². The predicted octanol–water partition coefficient (Wildman–Crippen LogP) is 4.04. The lowest BCUT2D eigenvalue weighted by atomic mass is 9.83. The average molecular weight is 366 g/mol. The number of benzene rings is 1. The summed E-state index contributed by atoms with van der Waals surface area (Å²) >= 11 is 0. The molecule has 0 N–H and O–H groups in total. The first-order valence-corrected chi connectivity index (χ1v) is 9.61. The Hall–Kier alpha value is -1.56. The van der Waals surface area contributed by atoms with Gasteiger partial charge in [-0.3, -0.25) is 9.69 Å². The SMILES string of the molecule is O=C(c1cccc(C(F)(F)F)c1)N1C[C@@H]2CC[C@H](C1)N(CC1CCC1)C2. The number of amides is 1. The quantitative estimate of drug-likeness (QED) is 0.806. The Labute approximate surface area is 152 Å². The van der Waals surface area contributed by atoms with Crippen molar-refractivity contribution in [1.29, 1.82) is 0 Å². The number of alkyl halides is 3. The van der Waals surface area contributed by atoms with E-state index in [1.54, 1.807) is 4.90 Å². The predicted molar refractivity (Wildman–Crippen MR) is 92.8 cm³/mol. The molecular formula is C20H25F3N2O. The van der Waals surface area contributed by atoms with Gasteiger partial charge >= 0.3 is 6.18 Å². The van der Waals surface area contributed by atoms with E-state index in [2.05, 4.69) is 4.90 Å². The number of carbonyl (C=O) groups excluding carboxylic acids is 1. The van der Waals surface area contributed by atoms with Crippen LogP contribution >= 0.6 is 0 Å². The van der Waals surface area contributed by atoms with Crippen molar-refractivity contribution in [2.45, 2.75) is 44.3 Å². The lowest BCUT2D eigenvalue weighted by Gasteiger charge is -2.40. The van der Waals surface area contributed by atoms with E-state index in [-0.39, 0.29) is 11.5 Å². The normalized spacial score (nSPS) is 27.3. The van der Waals surface area contributed by atoms with Crippen LogP contribution in [0, 0.1) is 11.8 Å². The third-order valence-electron chi connectivity index (χ3n) is 6.27. The topological polar surface area (TPSA) is 23.6 Å². The van der Waals surface area contributed by atoms with Crippen molar-refractivity contribution in [3.63, 3.8) is 0 Å². The summed E-state index contributed by atoms with van der Waals surface area (Å²) in [5, 5.41) is 0. The molecule has 0 radical (unpaired) electrons. The number of piperidine rings is 1. The molecule has 0 spiro atoms. The summed E-state index contributed by atoms with van der Waals surface area (Å²) in [6.45, 7) is 3.44. The molecule has 0 unspecified atom stereocenters. The average Bonchev–Trinajstić information content (AvgIpc) is 2.88. The fourth-order valence-corrected chi connectivity index (χ4v) is 4.59. The minimum Gasteiger partial charge on any atom is -0.337 e. The monoisotopic (exact) mass is 366 g/mol. The summed E-state index contributed by atoms with van der Waals surface area (Å²) in [5.74, 6) is 0.962. The fourth-order valence-electron chi connectivity index (χ4n) is 4.59. The summed E-state index contributed by atoms with van der Waals surface area (Å²) in [5.41, 5.74) is -0.612. The molecule has 26 heavy (non-hydrogen) atoms. The molecule has 4 aliphatic rings. The van der Waals surface area contributed by atoms with Crippen LogP contribution < -0.4 is 0 Å². The molecule has 6 heteroatoms. The summed E-state index contributed by atoms with van der Waals surface area (Å²) in [4.78, 5) is 17.2. The van der Waals surface area contributed by atoms with Crippen LogP contribution in [0.1, 0.15) is 48.0 Å². The van der Waals surface area contributed by atoms with E-state index in [0.717, 1.165) is 44.0 Å². The van der Waals surface area contributed by atoms with Gasteiger partial charge in [-0.05, 0) is 55.7 Å². The van der Waals surface area contributed by atoms with Gasteiger partial charge in [0.15, 0.2) is 0 Å². The number of nitrogens with zero attached hydrogens (tertiary/aromatic N) is 2. The van der Waals surface area contributed by atoms with Gasteiger partial charge in [-0.15, -0.1) is 0 Å². The Morgan fingerprint density at radius 2 is 1.88 bits per heavy atom. The number of hydrogen-bond donors (Lipinski definition) is 0. The van der Waals surface area contributed by atoms with Crippen LogP contribution in [-0.4, -0.2) is 47.9 Å². The minimum atomic E-state index is -4.42. The van der Waals surface area contributed by atoms with E-state index in [4.69, 9.17) is 0 Å². The Bertz CT molecular complexity index is 671. The third kappa shape index (κ3) is 3.61. The zero-order valence-electron chi connectivity index (χ0n) is 14.8. The Balaban J connectivity index is 1.49. The summed E-state index contributed by atoms with van der Waals surface area (Å²) in [6.07, 6.45) is 1.71. The van der Waals surface area contributed by atoms with Gasteiger partial charge in [0.05, 0.1) is 5.56 Å². The minimum absolute atomic E-state index is 0.145. The van der Waals surface area contributed by atoms with E-state index in [0.29, 0.717) is 25.0 Å². The fraction of sp³-hybridized carbons (Fsp3) is 0.650. The van der Waals surface area contributed by atoms with Crippen molar-refractivity contribution in [2.75, 3.05) is 26.2 Å². The Morgan fingerprint density at radius 1 is 1.08 bits per heavy atom. The molecular weight excluding hydrogens is 341 g/mol. The highest BCUT2D eigenvalue weighted by molar-refractivity contribution is 5.94. The second-order valence-electron chi connectivity index (χ2n) is 8.14. The van der Waals surface area contributed by atoms with E-state index >= 15 is 0 Å². The van der Waals surface area contributed by atoms with Crippen molar-refractivity contribution in [3.8, 4) is 0 Å². The van der Waals surface area contributed by atoms with Crippen molar-refractivity contribution in [1.82, 2.24) is 9.80 Å². The maximum Gasteiger partial charge on any atom is 0.416 e. The Morgan fingerprint density at radius 3 is 2.58 bits per heavy atom. The molecule has 3 saturated heterocycles. The molecule has 3 aliphatic heterocycles. The number of rotatable bonds is 3. The van der Waals surface area contributed by atoms with Crippen molar-refractivity contribution in [2.24, 2.45) is 11.8 Å². The molecule has 4 fully saturated rings. The summed E-state index contributed by atoms with van der Waals surface area (Å²) in [6, 6.07) is 5.18. The highest BCUT2D eigenvalue weighted by Gasteiger charge is 2.38. The molecule has 1 aromatic rings. The molecule has 2 bridgehead atoms. The molecule has 142 valence electrons. The lowest BCUT2D eigenvalue weighted by Crippen LogP contribution is -2.47. The second-order valence-corrected chi connectivity index (χ2v) is 8.14. The summed E-state index contributed by atoms with van der Waals surface area (Å²) in [7, 11) is 0. The highest BCUT2D eigenvalue weighted by Crippen LogP contribution is 2.34. The van der Waals surface area contributed by atoms with E-state index in [9.17, 15) is 18.0 Å². The zero-order valence-corrected chi connectivity index (χ0v) is 14.8. The van der Waals surface area contributed by atoms with Gasteiger partial charge in [0, 0.05) is 37.8 Å². The van der Waals surface area contributed by atoms with Gasteiger partial charge in [-0.2, -0.15) is 13.2 Å². The molecule has 1 amide bonds. The molecule has 3 heterocycles. The first kappa shape index (κ1) is 17.8. The third-order valence-corrected chi connectivity index (χ3v) is 6.27. The Kier molecular flexibility index (Phi) is 4.71. The molecule has 1 aliphatic carbocycles. The van der Waals surface area contributed by atoms with Crippen molar-refractivity contribution >= 4 is 5.91 Å². The summed E-state index contributed by atoms with van der Waals surface area (Å²) < 4.78 is 38.9. The molecule has 1 aromatic carbocycles. The first-order valence-electron chi connectivity index (χ1n) is 9.61.